The van der Waals surface area contributed by atoms with Crippen molar-refractivity contribution in [2.45, 2.75) is 19.4 Å². The smallest absolute Gasteiger partial charge is 0.275 e. The highest BCUT2D eigenvalue weighted by atomic mass is 35.5. The second kappa shape index (κ2) is 9.30. The minimum atomic E-state index is 0.0266. The number of carbonyl (C=O) groups excluding carboxylic acids is 1. The third-order valence-corrected chi connectivity index (χ3v) is 4.18. The molecule has 0 heterocycles. The molecule has 0 saturated carbocycles. The molecule has 5 heteroatoms. The highest BCUT2D eigenvalue weighted by molar-refractivity contribution is 6.30. The van der Waals surface area contributed by atoms with Crippen molar-refractivity contribution in [1.29, 1.82) is 0 Å². The lowest BCUT2D eigenvalue weighted by Gasteiger charge is -2.12. The second-order valence-corrected chi connectivity index (χ2v) is 6.13. The largest absolute Gasteiger partial charge is 0.496 e. The molecule has 0 aliphatic rings. The lowest BCUT2D eigenvalue weighted by Crippen LogP contribution is -2.87. The number of nitrogens with one attached hydrogen (secondary N) is 1. The molecule has 24 heavy (non-hydrogen) atoms. The summed E-state index contributed by atoms with van der Waals surface area (Å²) in [7, 11) is 1.66. The van der Waals surface area contributed by atoms with Gasteiger partial charge >= 0.3 is 0 Å². The Hall–Kier alpha value is -2.04. The molecule has 0 radical (unpaired) electrons. The summed E-state index contributed by atoms with van der Waals surface area (Å²) in [6.07, 6.45) is 0.750. The first-order chi connectivity index (χ1) is 11.6. The number of halogens is 1. The van der Waals surface area contributed by atoms with Gasteiger partial charge in [-0.2, -0.15) is 0 Å². The molecule has 2 rings (SSSR count). The molecule has 0 fully saturated rings. The first-order valence-electron chi connectivity index (χ1n) is 8.07. The number of methoxy groups -OCH3 is 1. The third kappa shape index (κ3) is 5.55. The predicted molar refractivity (Wildman–Crippen MR) is 96.4 cm³/mol. The molecule has 4 nitrogen and oxygen atoms in total. The van der Waals surface area contributed by atoms with Crippen LogP contribution in [0.3, 0.4) is 0 Å². The first kappa shape index (κ1) is 18.3. The highest BCUT2D eigenvalue weighted by Gasteiger charge is 2.11. The van der Waals surface area contributed by atoms with Crippen LogP contribution in [0.4, 0.5) is 0 Å². The van der Waals surface area contributed by atoms with Crippen molar-refractivity contribution in [2.24, 2.45) is 0 Å². The Labute approximate surface area is 148 Å². The predicted octanol–water partition coefficient (Wildman–Crippen LogP) is 2.33. The molecular formula is C19H24ClN2O2+. The van der Waals surface area contributed by atoms with Crippen molar-refractivity contribution in [1.82, 2.24) is 5.32 Å². The molecule has 0 aliphatic heterocycles. The lowest BCUT2D eigenvalue weighted by atomic mass is 10.1. The number of amides is 1. The number of hydrogen-bond acceptors (Lipinski definition) is 2. The van der Waals surface area contributed by atoms with E-state index >= 15 is 0 Å². The van der Waals surface area contributed by atoms with Gasteiger partial charge in [-0.3, -0.25) is 4.79 Å². The van der Waals surface area contributed by atoms with Gasteiger partial charge < -0.3 is 15.4 Å². The van der Waals surface area contributed by atoms with Crippen LogP contribution in [0.15, 0.2) is 48.5 Å². The summed E-state index contributed by atoms with van der Waals surface area (Å²) >= 11 is 6.00. The van der Waals surface area contributed by atoms with Gasteiger partial charge in [-0.15, -0.1) is 0 Å². The maximum atomic E-state index is 12.0. The SMILES string of the molecule is COc1ccccc1CCNC(=O)C[NH2+][C@@H](C)c1cccc(Cl)c1. The number of rotatable bonds is 8. The number of quaternary nitrogens is 1. The fraction of sp³-hybridized carbons (Fsp3) is 0.316. The summed E-state index contributed by atoms with van der Waals surface area (Å²) in [4.78, 5) is 12.0. The molecule has 3 N–H and O–H groups in total. The zero-order chi connectivity index (χ0) is 17.4. The Morgan fingerprint density at radius 1 is 1.25 bits per heavy atom. The number of nitrogens with two attached hydrogens (primary N) is 1. The number of hydrogen-bond donors (Lipinski definition) is 2. The van der Waals surface area contributed by atoms with Crippen molar-refractivity contribution in [3.63, 3.8) is 0 Å². The van der Waals surface area contributed by atoms with Crippen molar-refractivity contribution in [3.05, 3.63) is 64.7 Å². The van der Waals surface area contributed by atoms with Gasteiger partial charge in [0.05, 0.1) is 7.11 Å². The van der Waals surface area contributed by atoms with Crippen LogP contribution in [0, 0.1) is 0 Å². The van der Waals surface area contributed by atoms with Crippen molar-refractivity contribution in [2.75, 3.05) is 20.2 Å². The maximum Gasteiger partial charge on any atom is 0.275 e. The second-order valence-electron chi connectivity index (χ2n) is 5.70. The van der Waals surface area contributed by atoms with Crippen LogP contribution < -0.4 is 15.4 Å². The van der Waals surface area contributed by atoms with E-state index < -0.39 is 0 Å². The van der Waals surface area contributed by atoms with Crippen LogP contribution in [0.25, 0.3) is 0 Å². The van der Waals surface area contributed by atoms with E-state index in [1.165, 1.54) is 0 Å². The monoisotopic (exact) mass is 347 g/mol. The van der Waals surface area contributed by atoms with Crippen molar-refractivity contribution in [3.8, 4) is 5.75 Å². The molecule has 0 spiro atoms. The van der Waals surface area contributed by atoms with Crippen molar-refractivity contribution < 1.29 is 14.8 Å². The van der Waals surface area contributed by atoms with E-state index in [9.17, 15) is 4.79 Å². The summed E-state index contributed by atoms with van der Waals surface area (Å²) in [6, 6.07) is 15.8. The molecule has 2 aromatic rings. The van der Waals surface area contributed by atoms with Crippen LogP contribution in [-0.4, -0.2) is 26.1 Å². The standard InChI is InChI=1S/C19H23ClN2O2/c1-14(16-7-5-8-17(20)12-16)22-13-19(23)21-11-10-15-6-3-4-9-18(15)24-2/h3-9,12,14,22H,10-11,13H2,1-2H3,(H,21,23)/p+1/t14-/m0/s1. The van der Waals surface area contributed by atoms with Gasteiger partial charge in [0.25, 0.3) is 5.91 Å². The van der Waals surface area contributed by atoms with E-state index in [1.807, 2.05) is 53.8 Å². The quantitative estimate of drug-likeness (QED) is 0.770. The van der Waals surface area contributed by atoms with Gasteiger partial charge in [-0.1, -0.05) is 41.9 Å². The van der Waals surface area contributed by atoms with E-state index in [2.05, 4.69) is 12.2 Å². The number of ether oxygens (including phenoxy) is 1. The highest BCUT2D eigenvalue weighted by Crippen LogP contribution is 2.17. The van der Waals surface area contributed by atoms with Crippen LogP contribution >= 0.6 is 11.6 Å². The zero-order valence-corrected chi connectivity index (χ0v) is 14.8. The summed E-state index contributed by atoms with van der Waals surface area (Å²) in [5.74, 6) is 0.881. The molecular weight excluding hydrogens is 324 g/mol. The van der Waals surface area contributed by atoms with Crippen molar-refractivity contribution >= 4 is 17.5 Å². The summed E-state index contributed by atoms with van der Waals surface area (Å²) in [6.45, 7) is 3.05. The fourth-order valence-electron chi connectivity index (χ4n) is 2.53. The molecule has 1 atom stereocenters. The van der Waals surface area contributed by atoms with Crippen LogP contribution in [0.1, 0.15) is 24.1 Å². The average Bonchev–Trinajstić information content (AvgIpc) is 2.60. The Balaban J connectivity index is 1.73. The lowest BCUT2D eigenvalue weighted by molar-refractivity contribution is -0.682. The van der Waals surface area contributed by atoms with Crippen LogP contribution in [0.5, 0.6) is 5.75 Å². The van der Waals surface area contributed by atoms with Gasteiger partial charge in [-0.05, 0) is 37.1 Å². The van der Waals surface area contributed by atoms with Gasteiger partial charge in [0.2, 0.25) is 0 Å². The van der Waals surface area contributed by atoms with Crippen LogP contribution in [-0.2, 0) is 11.2 Å². The van der Waals surface area contributed by atoms with E-state index in [4.69, 9.17) is 16.3 Å². The van der Waals surface area contributed by atoms with Gasteiger partial charge in [-0.25, -0.2) is 0 Å². The number of benzene rings is 2. The topological polar surface area (TPSA) is 54.9 Å². The molecule has 128 valence electrons. The molecule has 0 saturated heterocycles. The molecule has 0 aromatic heterocycles. The zero-order valence-electron chi connectivity index (χ0n) is 14.1. The molecule has 1 amide bonds. The fourth-order valence-corrected chi connectivity index (χ4v) is 2.73. The summed E-state index contributed by atoms with van der Waals surface area (Å²) in [5, 5.41) is 5.67. The van der Waals surface area contributed by atoms with E-state index in [-0.39, 0.29) is 11.9 Å². The molecule has 0 bridgehead atoms. The Morgan fingerprint density at radius 3 is 2.79 bits per heavy atom. The Bertz CT molecular complexity index is 676. The number of carbonyl (C=O) groups is 1. The molecule has 0 aliphatic carbocycles. The molecule has 2 aromatic carbocycles. The average molecular weight is 348 g/mol. The Kier molecular flexibility index (Phi) is 7.09. The van der Waals surface area contributed by atoms with Gasteiger partial charge in [0, 0.05) is 17.1 Å². The third-order valence-electron chi connectivity index (χ3n) is 3.94. The number of para-hydroxylation sites is 1. The summed E-state index contributed by atoms with van der Waals surface area (Å²) < 4.78 is 5.31. The van der Waals surface area contributed by atoms with Gasteiger partial charge in [0.1, 0.15) is 11.8 Å². The molecule has 0 unspecified atom stereocenters. The van der Waals surface area contributed by atoms with Gasteiger partial charge in [0.15, 0.2) is 6.54 Å². The Morgan fingerprint density at radius 2 is 2.04 bits per heavy atom. The van der Waals surface area contributed by atoms with E-state index in [0.717, 1.165) is 23.3 Å². The van der Waals surface area contributed by atoms with E-state index in [1.54, 1.807) is 7.11 Å². The first-order valence-corrected chi connectivity index (χ1v) is 8.45. The minimum Gasteiger partial charge on any atom is -0.496 e. The normalized spacial score (nSPS) is 11.8. The van der Waals surface area contributed by atoms with Crippen LogP contribution in [0.2, 0.25) is 5.02 Å². The maximum absolute atomic E-state index is 12.0. The van der Waals surface area contributed by atoms with E-state index in [0.29, 0.717) is 18.1 Å². The summed E-state index contributed by atoms with van der Waals surface area (Å²) in [5.41, 5.74) is 2.21. The minimum absolute atomic E-state index is 0.0266.